The van der Waals surface area contributed by atoms with E-state index in [9.17, 15) is 15.0 Å². The molecule has 0 spiro atoms. The first kappa shape index (κ1) is 11.0. The summed E-state index contributed by atoms with van der Waals surface area (Å²) in [6.45, 7) is 1.91. The fourth-order valence-corrected chi connectivity index (χ4v) is 2.33. The Morgan fingerprint density at radius 2 is 2.06 bits per heavy atom. The molecule has 3 heteroatoms. The number of rotatable bonds is 0. The minimum atomic E-state index is -1.09. The highest BCUT2D eigenvalue weighted by molar-refractivity contribution is 6.17. The predicted molar refractivity (Wildman–Crippen MR) is 68.3 cm³/mol. The number of aliphatic hydroxyl groups is 2. The predicted octanol–water partition coefficient (Wildman–Crippen LogP) is 2.32. The maximum absolute atomic E-state index is 12.4. The van der Waals surface area contributed by atoms with Crippen LogP contribution in [0.25, 0.3) is 6.08 Å². The smallest absolute Gasteiger partial charge is 0.197 e. The first-order valence-electron chi connectivity index (χ1n) is 5.75. The molecule has 1 atom stereocenters. The Hall–Kier alpha value is -2.13. The molecule has 0 aromatic heterocycles. The van der Waals surface area contributed by atoms with E-state index in [-0.39, 0.29) is 17.1 Å². The Morgan fingerprint density at radius 1 is 1.28 bits per heavy atom. The van der Waals surface area contributed by atoms with Gasteiger partial charge >= 0.3 is 0 Å². The lowest BCUT2D eigenvalue weighted by Crippen LogP contribution is -2.22. The van der Waals surface area contributed by atoms with Crippen molar-refractivity contribution in [2.75, 3.05) is 0 Å². The molecule has 3 rings (SSSR count). The van der Waals surface area contributed by atoms with Gasteiger partial charge in [-0.3, -0.25) is 4.79 Å². The Kier molecular flexibility index (Phi) is 2.25. The first-order valence-corrected chi connectivity index (χ1v) is 5.75. The van der Waals surface area contributed by atoms with Gasteiger partial charge in [0.1, 0.15) is 11.9 Å². The van der Waals surface area contributed by atoms with Gasteiger partial charge in [0.15, 0.2) is 5.78 Å². The van der Waals surface area contributed by atoms with Crippen molar-refractivity contribution in [2.24, 2.45) is 0 Å². The lowest BCUT2D eigenvalue weighted by molar-refractivity contribution is 0.102. The van der Waals surface area contributed by atoms with E-state index in [0.29, 0.717) is 11.1 Å². The summed E-state index contributed by atoms with van der Waals surface area (Å²) in [4.78, 5) is 12.4. The second-order valence-electron chi connectivity index (χ2n) is 4.58. The number of ketones is 1. The Morgan fingerprint density at radius 3 is 2.83 bits per heavy atom. The summed E-state index contributed by atoms with van der Waals surface area (Å²) in [6.07, 6.45) is 3.90. The molecule has 0 heterocycles. The van der Waals surface area contributed by atoms with Crippen LogP contribution in [-0.4, -0.2) is 22.1 Å². The molecular formula is C15H12O3. The van der Waals surface area contributed by atoms with Gasteiger partial charge in [-0.1, -0.05) is 23.8 Å². The van der Waals surface area contributed by atoms with Crippen LogP contribution >= 0.6 is 0 Å². The van der Waals surface area contributed by atoms with Crippen LogP contribution in [0.1, 0.15) is 21.5 Å². The van der Waals surface area contributed by atoms with Gasteiger partial charge in [0.2, 0.25) is 0 Å². The Bertz CT molecular complexity index is 648. The van der Waals surface area contributed by atoms with Crippen LogP contribution in [0.15, 0.2) is 47.3 Å². The van der Waals surface area contributed by atoms with E-state index in [1.54, 1.807) is 12.1 Å². The molecule has 2 N–H and O–H groups in total. The summed E-state index contributed by atoms with van der Waals surface area (Å²) in [5.41, 5.74) is 3.27. The van der Waals surface area contributed by atoms with Gasteiger partial charge in [-0.05, 0) is 36.3 Å². The van der Waals surface area contributed by atoms with Crippen molar-refractivity contribution < 1.29 is 15.0 Å². The van der Waals surface area contributed by atoms with Crippen LogP contribution in [0.3, 0.4) is 0 Å². The number of allylic oxidation sites excluding steroid dienone is 3. The normalized spacial score (nSPS) is 21.6. The minimum Gasteiger partial charge on any atom is -0.508 e. The van der Waals surface area contributed by atoms with Crippen molar-refractivity contribution >= 4 is 11.9 Å². The number of hydrogen-bond acceptors (Lipinski definition) is 3. The summed E-state index contributed by atoms with van der Waals surface area (Å²) < 4.78 is 0. The van der Waals surface area contributed by atoms with E-state index >= 15 is 0 Å². The zero-order valence-electron chi connectivity index (χ0n) is 9.84. The molecule has 0 fully saturated rings. The second kappa shape index (κ2) is 3.68. The zero-order valence-corrected chi connectivity index (χ0v) is 9.84. The number of benzene rings is 1. The average Bonchev–Trinajstić information content (AvgIpc) is 2.35. The van der Waals surface area contributed by atoms with Crippen molar-refractivity contribution in [3.8, 4) is 0 Å². The molecular weight excluding hydrogens is 228 g/mol. The number of Topliss-reactive ketones (excluding diaryl/α,β-unsaturated/α-hetero) is 1. The van der Waals surface area contributed by atoms with Gasteiger partial charge in [-0.25, -0.2) is 0 Å². The third-order valence-electron chi connectivity index (χ3n) is 3.27. The van der Waals surface area contributed by atoms with Gasteiger partial charge in [0, 0.05) is 5.56 Å². The monoisotopic (exact) mass is 240 g/mol. The third kappa shape index (κ3) is 1.45. The van der Waals surface area contributed by atoms with Crippen LogP contribution in [0.2, 0.25) is 0 Å². The molecule has 0 saturated carbocycles. The van der Waals surface area contributed by atoms with Crippen molar-refractivity contribution in [3.05, 3.63) is 63.9 Å². The van der Waals surface area contributed by atoms with Crippen molar-refractivity contribution in [3.63, 3.8) is 0 Å². The van der Waals surface area contributed by atoms with Crippen LogP contribution in [0.5, 0.6) is 0 Å². The second-order valence-corrected chi connectivity index (χ2v) is 4.58. The number of aryl methyl sites for hydroxylation is 1. The number of aliphatic hydroxyl groups excluding tert-OH is 2. The fourth-order valence-electron chi connectivity index (χ4n) is 2.33. The molecule has 18 heavy (non-hydrogen) atoms. The molecule has 1 aromatic carbocycles. The van der Waals surface area contributed by atoms with E-state index in [4.69, 9.17) is 0 Å². The van der Waals surface area contributed by atoms with Crippen molar-refractivity contribution in [1.82, 2.24) is 0 Å². The van der Waals surface area contributed by atoms with Gasteiger partial charge in [-0.15, -0.1) is 0 Å². The largest absolute Gasteiger partial charge is 0.508 e. The summed E-state index contributed by atoms with van der Waals surface area (Å²) in [5, 5.41) is 19.4. The summed E-state index contributed by atoms with van der Waals surface area (Å²) in [7, 11) is 0. The molecule has 3 nitrogen and oxygen atoms in total. The number of hydrogen-bond donors (Lipinski definition) is 2. The molecule has 1 unspecified atom stereocenters. The average molecular weight is 240 g/mol. The van der Waals surface area contributed by atoms with Gasteiger partial charge in [-0.2, -0.15) is 0 Å². The standard InChI is InChI=1S/C15H12O3/c1-8-2-3-9-7-10-4-5-12(16)15(18)13(10)14(17)11(9)6-8/h2-7,12,16,18H,1H3. The van der Waals surface area contributed by atoms with E-state index in [1.807, 2.05) is 25.1 Å². The lowest BCUT2D eigenvalue weighted by Gasteiger charge is -2.22. The SMILES string of the molecule is Cc1ccc2c(c1)C(=O)C1=C(O)C(O)C=CC1=C2. The number of carbonyl (C=O) groups is 1. The van der Waals surface area contributed by atoms with Crippen LogP contribution in [0.4, 0.5) is 0 Å². The summed E-state index contributed by atoms with van der Waals surface area (Å²) in [6, 6.07) is 5.64. The quantitative estimate of drug-likeness (QED) is 0.731. The van der Waals surface area contributed by atoms with E-state index < -0.39 is 6.10 Å². The van der Waals surface area contributed by atoms with Crippen molar-refractivity contribution in [2.45, 2.75) is 13.0 Å². The molecule has 2 aliphatic rings. The van der Waals surface area contributed by atoms with Gasteiger partial charge in [0.05, 0.1) is 5.57 Å². The van der Waals surface area contributed by atoms with Crippen LogP contribution in [0, 0.1) is 6.92 Å². The Balaban J connectivity index is 2.27. The topological polar surface area (TPSA) is 57.5 Å². The van der Waals surface area contributed by atoms with E-state index in [0.717, 1.165) is 11.1 Å². The van der Waals surface area contributed by atoms with E-state index in [1.165, 1.54) is 6.08 Å². The van der Waals surface area contributed by atoms with E-state index in [2.05, 4.69) is 0 Å². The summed E-state index contributed by atoms with van der Waals surface area (Å²) >= 11 is 0. The highest BCUT2D eigenvalue weighted by Gasteiger charge is 2.30. The first-order chi connectivity index (χ1) is 8.58. The third-order valence-corrected chi connectivity index (χ3v) is 3.27. The van der Waals surface area contributed by atoms with Crippen LogP contribution < -0.4 is 0 Å². The van der Waals surface area contributed by atoms with Gasteiger partial charge in [0.25, 0.3) is 0 Å². The number of carbonyl (C=O) groups excluding carboxylic acids is 1. The highest BCUT2D eigenvalue weighted by atomic mass is 16.3. The molecule has 1 aromatic rings. The molecule has 2 aliphatic carbocycles. The molecule has 0 saturated heterocycles. The number of fused-ring (bicyclic) bond motifs is 2. The molecule has 0 amide bonds. The fraction of sp³-hybridized carbons (Fsp3) is 0.133. The van der Waals surface area contributed by atoms with Gasteiger partial charge < -0.3 is 10.2 Å². The maximum Gasteiger partial charge on any atom is 0.197 e. The molecule has 90 valence electrons. The zero-order chi connectivity index (χ0) is 12.9. The molecule has 0 bridgehead atoms. The minimum absolute atomic E-state index is 0.211. The Labute approximate surface area is 104 Å². The summed E-state index contributed by atoms with van der Waals surface area (Å²) in [5.74, 6) is -0.493. The van der Waals surface area contributed by atoms with Crippen LogP contribution in [-0.2, 0) is 0 Å². The molecule has 0 radical (unpaired) electrons. The maximum atomic E-state index is 12.4. The van der Waals surface area contributed by atoms with Crippen molar-refractivity contribution in [1.29, 1.82) is 0 Å². The molecule has 0 aliphatic heterocycles. The highest BCUT2D eigenvalue weighted by Crippen LogP contribution is 2.34. The lowest BCUT2D eigenvalue weighted by atomic mass is 9.82.